The molecule has 90 valence electrons. The van der Waals surface area contributed by atoms with E-state index < -0.39 is 0 Å². The fraction of sp³-hybridized carbons (Fsp3) is 0.375. The molecule has 0 heterocycles. The van der Waals surface area contributed by atoms with Gasteiger partial charge in [-0.25, -0.2) is 0 Å². The molecule has 1 aromatic carbocycles. The van der Waals surface area contributed by atoms with Crippen LogP contribution in [0.5, 0.6) is 0 Å². The maximum atomic E-state index is 4.07. The molecule has 0 N–H and O–H groups in total. The first-order valence-electron chi connectivity index (χ1n) is 6.27. The van der Waals surface area contributed by atoms with Gasteiger partial charge in [-0.05, 0) is 0 Å². The van der Waals surface area contributed by atoms with Crippen molar-refractivity contribution in [3.05, 3.63) is 54.1 Å². The van der Waals surface area contributed by atoms with E-state index in [4.69, 9.17) is 0 Å². The summed E-state index contributed by atoms with van der Waals surface area (Å²) < 4.78 is 1.52. The normalized spacial score (nSPS) is 19.8. The van der Waals surface area contributed by atoms with Gasteiger partial charge < -0.3 is 0 Å². The quantitative estimate of drug-likeness (QED) is 0.585. The van der Waals surface area contributed by atoms with Crippen LogP contribution in [0.3, 0.4) is 0 Å². The molecule has 0 aliphatic heterocycles. The van der Waals surface area contributed by atoms with Crippen LogP contribution in [-0.2, 0) is 0 Å². The van der Waals surface area contributed by atoms with E-state index in [1.54, 1.807) is 5.57 Å². The predicted octanol–water partition coefficient (Wildman–Crippen LogP) is 3.74. The second-order valence-corrected chi connectivity index (χ2v) is 6.98. The van der Waals surface area contributed by atoms with Crippen LogP contribution >= 0.6 is 0 Å². The van der Waals surface area contributed by atoms with Gasteiger partial charge >= 0.3 is 111 Å². The van der Waals surface area contributed by atoms with Crippen LogP contribution in [-0.4, -0.2) is 15.0 Å². The van der Waals surface area contributed by atoms with E-state index in [1.165, 1.54) is 34.6 Å². The maximum absolute atomic E-state index is 4.07. The third-order valence-electron chi connectivity index (χ3n) is 3.37. The van der Waals surface area contributed by atoms with E-state index in [0.29, 0.717) is 15.0 Å². The van der Waals surface area contributed by atoms with E-state index in [1.807, 2.05) is 0 Å². The minimum atomic E-state index is 0.614. The van der Waals surface area contributed by atoms with Crippen molar-refractivity contribution in [1.29, 1.82) is 0 Å². The van der Waals surface area contributed by atoms with Crippen LogP contribution in [0.4, 0.5) is 0 Å². The summed E-state index contributed by atoms with van der Waals surface area (Å²) in [7, 11) is 0. The van der Waals surface area contributed by atoms with Crippen LogP contribution < -0.4 is 4.46 Å². The molecule has 1 heteroatoms. The summed E-state index contributed by atoms with van der Waals surface area (Å²) in [5.41, 5.74) is 3.03. The standard InChI is InChI=1S/C16H20Se/c1-13(2)15-10-8-14(9-11-15)12-17-16-6-4-3-5-7-16/h3-8,15H,1,9-12H2,2H3/t15-/m1/s1. The molecule has 0 radical (unpaired) electrons. The molecule has 0 nitrogen and oxygen atoms in total. The monoisotopic (exact) mass is 292 g/mol. The van der Waals surface area contributed by atoms with Crippen LogP contribution in [0.15, 0.2) is 54.1 Å². The average molecular weight is 291 g/mol. The molecular formula is C16H20Se. The second-order valence-electron chi connectivity index (χ2n) is 4.78. The van der Waals surface area contributed by atoms with Gasteiger partial charge in [0.05, 0.1) is 0 Å². The molecule has 1 aliphatic rings. The first-order chi connectivity index (χ1) is 8.25. The molecule has 1 aliphatic carbocycles. The van der Waals surface area contributed by atoms with Crippen LogP contribution in [0, 0.1) is 5.92 Å². The molecule has 17 heavy (non-hydrogen) atoms. The van der Waals surface area contributed by atoms with Gasteiger partial charge in [-0.15, -0.1) is 0 Å². The molecule has 1 aromatic rings. The van der Waals surface area contributed by atoms with E-state index >= 15 is 0 Å². The topological polar surface area (TPSA) is 0 Å². The van der Waals surface area contributed by atoms with Crippen molar-refractivity contribution in [2.45, 2.75) is 31.5 Å². The van der Waals surface area contributed by atoms with Crippen LogP contribution in [0.2, 0.25) is 5.32 Å². The van der Waals surface area contributed by atoms with Crippen molar-refractivity contribution in [2.24, 2.45) is 5.92 Å². The van der Waals surface area contributed by atoms with Crippen molar-refractivity contribution < 1.29 is 0 Å². The summed E-state index contributed by atoms with van der Waals surface area (Å²) >= 11 is 0.614. The molecule has 0 unspecified atom stereocenters. The molecule has 0 saturated carbocycles. The predicted molar refractivity (Wildman–Crippen MR) is 76.9 cm³/mol. The van der Waals surface area contributed by atoms with Crippen molar-refractivity contribution in [3.63, 3.8) is 0 Å². The second kappa shape index (κ2) is 6.23. The Morgan fingerprint density at radius 2 is 2.12 bits per heavy atom. The fourth-order valence-corrected chi connectivity index (χ4v) is 4.18. The Labute approximate surface area is 111 Å². The van der Waals surface area contributed by atoms with Crippen molar-refractivity contribution in [2.75, 3.05) is 0 Å². The SMILES string of the molecule is C=C(C)[C@@H]1CC=C(C[Se]c2ccccc2)CC1. The molecule has 0 amide bonds. The van der Waals surface area contributed by atoms with Gasteiger partial charge in [-0.1, -0.05) is 0 Å². The third-order valence-corrected chi connectivity index (χ3v) is 5.72. The van der Waals surface area contributed by atoms with Gasteiger partial charge in [0, 0.05) is 0 Å². The number of benzene rings is 1. The Bertz CT molecular complexity index is 403. The van der Waals surface area contributed by atoms with E-state index in [9.17, 15) is 0 Å². The first kappa shape index (κ1) is 12.7. The average Bonchev–Trinajstić information content (AvgIpc) is 2.38. The van der Waals surface area contributed by atoms with Gasteiger partial charge in [0.2, 0.25) is 0 Å². The summed E-state index contributed by atoms with van der Waals surface area (Å²) in [5.74, 6) is 0.739. The van der Waals surface area contributed by atoms with E-state index in [0.717, 1.165) is 5.92 Å². The Morgan fingerprint density at radius 1 is 1.35 bits per heavy atom. The van der Waals surface area contributed by atoms with E-state index in [-0.39, 0.29) is 0 Å². The van der Waals surface area contributed by atoms with Crippen LogP contribution in [0.25, 0.3) is 0 Å². The molecule has 0 saturated heterocycles. The summed E-state index contributed by atoms with van der Waals surface area (Å²) in [6.45, 7) is 6.24. The Hall–Kier alpha value is -0.781. The summed E-state index contributed by atoms with van der Waals surface area (Å²) in [5, 5.41) is 1.29. The zero-order valence-electron chi connectivity index (χ0n) is 10.5. The van der Waals surface area contributed by atoms with E-state index in [2.05, 4.69) is 49.9 Å². The molecular weight excluding hydrogens is 271 g/mol. The zero-order valence-corrected chi connectivity index (χ0v) is 12.2. The van der Waals surface area contributed by atoms with Gasteiger partial charge in [-0.2, -0.15) is 0 Å². The van der Waals surface area contributed by atoms with Crippen molar-refractivity contribution >= 4 is 19.4 Å². The summed E-state index contributed by atoms with van der Waals surface area (Å²) in [6.07, 6.45) is 6.28. The first-order valence-corrected chi connectivity index (χ1v) is 8.33. The molecule has 1 atom stereocenters. The molecule has 0 spiro atoms. The molecule has 0 bridgehead atoms. The number of allylic oxidation sites excluding steroid dienone is 3. The van der Waals surface area contributed by atoms with Crippen molar-refractivity contribution in [3.8, 4) is 0 Å². The summed E-state index contributed by atoms with van der Waals surface area (Å²) in [4.78, 5) is 0. The number of hydrogen-bond acceptors (Lipinski definition) is 0. The molecule has 0 aromatic heterocycles. The number of hydrogen-bond donors (Lipinski definition) is 0. The zero-order chi connectivity index (χ0) is 12.1. The third kappa shape index (κ3) is 3.87. The molecule has 0 fully saturated rings. The fourth-order valence-electron chi connectivity index (χ4n) is 2.16. The van der Waals surface area contributed by atoms with Gasteiger partial charge in [0.15, 0.2) is 0 Å². The Kier molecular flexibility index (Phi) is 4.65. The van der Waals surface area contributed by atoms with Crippen molar-refractivity contribution in [1.82, 2.24) is 0 Å². The molecule has 2 rings (SSSR count). The van der Waals surface area contributed by atoms with Gasteiger partial charge in [0.25, 0.3) is 0 Å². The van der Waals surface area contributed by atoms with Gasteiger partial charge in [-0.3, -0.25) is 0 Å². The van der Waals surface area contributed by atoms with Crippen LogP contribution in [0.1, 0.15) is 26.2 Å². The van der Waals surface area contributed by atoms with Gasteiger partial charge in [0.1, 0.15) is 0 Å². The minimum absolute atomic E-state index is 0.614. The Morgan fingerprint density at radius 3 is 2.71 bits per heavy atom. The number of rotatable bonds is 4. The Balaban J connectivity index is 1.83. The summed E-state index contributed by atoms with van der Waals surface area (Å²) in [6, 6.07) is 10.9.